The minimum Gasteiger partial charge on any atom is -0.496 e. The van der Waals surface area contributed by atoms with Gasteiger partial charge in [-0.2, -0.15) is 0 Å². The highest BCUT2D eigenvalue weighted by Crippen LogP contribution is 2.29. The third-order valence-electron chi connectivity index (χ3n) is 3.92. The number of rotatable bonds is 5. The van der Waals surface area contributed by atoms with Gasteiger partial charge in [0, 0.05) is 29.6 Å². The Morgan fingerprint density at radius 2 is 2.19 bits per heavy atom. The number of aliphatic hydroxyl groups excluding tert-OH is 1. The Hall–Kier alpha value is -1.11. The van der Waals surface area contributed by atoms with Crippen LogP contribution in [-0.2, 0) is 4.74 Å². The van der Waals surface area contributed by atoms with Crippen LogP contribution < -0.4 is 10.1 Å². The highest BCUT2D eigenvalue weighted by molar-refractivity contribution is 9.10. The van der Waals surface area contributed by atoms with Gasteiger partial charge in [0.1, 0.15) is 5.75 Å². The van der Waals surface area contributed by atoms with Crippen molar-refractivity contribution in [2.24, 2.45) is 5.41 Å². The lowest BCUT2D eigenvalue weighted by atomic mass is 9.81. The minimum absolute atomic E-state index is 0.0479. The quantitative estimate of drug-likeness (QED) is 0.845. The van der Waals surface area contributed by atoms with Crippen molar-refractivity contribution in [3.8, 4) is 5.75 Å². The number of hydrogen-bond acceptors (Lipinski definition) is 4. The Morgan fingerprint density at radius 3 is 2.81 bits per heavy atom. The number of ether oxygens (including phenoxy) is 2. The van der Waals surface area contributed by atoms with Crippen molar-refractivity contribution >= 4 is 21.8 Å². The average Bonchev–Trinajstić information content (AvgIpc) is 2.53. The van der Waals surface area contributed by atoms with Crippen molar-refractivity contribution in [2.45, 2.75) is 12.8 Å². The van der Waals surface area contributed by atoms with E-state index in [-0.39, 0.29) is 17.9 Å². The zero-order chi connectivity index (χ0) is 15.3. The molecular weight excluding hydrogens is 338 g/mol. The van der Waals surface area contributed by atoms with E-state index in [4.69, 9.17) is 9.47 Å². The van der Waals surface area contributed by atoms with Crippen LogP contribution in [0.2, 0.25) is 0 Å². The zero-order valence-corrected chi connectivity index (χ0v) is 13.6. The van der Waals surface area contributed by atoms with Crippen LogP contribution in [0.4, 0.5) is 0 Å². The third-order valence-corrected chi connectivity index (χ3v) is 4.41. The summed E-state index contributed by atoms with van der Waals surface area (Å²) in [6.07, 6.45) is 1.50. The van der Waals surface area contributed by atoms with Crippen LogP contribution in [0.15, 0.2) is 22.7 Å². The molecule has 0 spiro atoms. The molecule has 2 N–H and O–H groups in total. The summed E-state index contributed by atoms with van der Waals surface area (Å²) in [7, 11) is 1.54. The topological polar surface area (TPSA) is 67.8 Å². The number of benzene rings is 1. The molecule has 0 radical (unpaired) electrons. The van der Waals surface area contributed by atoms with E-state index in [2.05, 4.69) is 21.2 Å². The molecule has 21 heavy (non-hydrogen) atoms. The van der Waals surface area contributed by atoms with E-state index < -0.39 is 0 Å². The molecule has 1 aliphatic heterocycles. The highest BCUT2D eigenvalue weighted by Gasteiger charge is 2.32. The van der Waals surface area contributed by atoms with Crippen LogP contribution in [0.5, 0.6) is 5.75 Å². The van der Waals surface area contributed by atoms with Gasteiger partial charge in [0.25, 0.3) is 5.91 Å². The van der Waals surface area contributed by atoms with Crippen molar-refractivity contribution in [3.05, 3.63) is 28.2 Å². The molecule has 6 heteroatoms. The maximum Gasteiger partial charge on any atom is 0.255 e. The Labute approximate surface area is 132 Å². The van der Waals surface area contributed by atoms with Crippen molar-refractivity contribution in [1.29, 1.82) is 0 Å². The molecule has 1 amide bonds. The number of nitrogens with one attached hydrogen (secondary N) is 1. The molecule has 0 saturated carbocycles. The molecule has 0 bridgehead atoms. The van der Waals surface area contributed by atoms with Gasteiger partial charge in [0.2, 0.25) is 0 Å². The number of amides is 1. The number of hydrogen-bond donors (Lipinski definition) is 2. The molecule has 0 aromatic heterocycles. The van der Waals surface area contributed by atoms with Crippen LogP contribution in [0.3, 0.4) is 0 Å². The van der Waals surface area contributed by atoms with Crippen molar-refractivity contribution in [1.82, 2.24) is 5.32 Å². The smallest absolute Gasteiger partial charge is 0.255 e. The largest absolute Gasteiger partial charge is 0.496 e. The van der Waals surface area contributed by atoms with E-state index in [1.165, 1.54) is 7.11 Å². The van der Waals surface area contributed by atoms with Gasteiger partial charge in [-0.25, -0.2) is 0 Å². The zero-order valence-electron chi connectivity index (χ0n) is 12.0. The number of carbonyl (C=O) groups is 1. The van der Waals surface area contributed by atoms with Gasteiger partial charge in [0.05, 0.1) is 19.3 Å². The first kappa shape index (κ1) is 16.3. The fourth-order valence-corrected chi connectivity index (χ4v) is 2.78. The molecule has 1 aromatic carbocycles. The number of carbonyl (C=O) groups excluding carboxylic acids is 1. The Balaban J connectivity index is 2.06. The minimum atomic E-state index is -0.285. The van der Waals surface area contributed by atoms with E-state index in [0.29, 0.717) is 31.1 Å². The van der Waals surface area contributed by atoms with Gasteiger partial charge in [-0.1, -0.05) is 15.9 Å². The molecule has 2 rings (SSSR count). The predicted octanol–water partition coefficient (Wildman–Crippen LogP) is 1.98. The monoisotopic (exact) mass is 357 g/mol. The molecule has 1 heterocycles. The van der Waals surface area contributed by atoms with Gasteiger partial charge in [-0.3, -0.25) is 4.79 Å². The lowest BCUT2D eigenvalue weighted by Crippen LogP contribution is -2.43. The van der Waals surface area contributed by atoms with E-state index >= 15 is 0 Å². The second-order valence-corrected chi connectivity index (χ2v) is 6.21. The number of methoxy groups -OCH3 is 1. The summed E-state index contributed by atoms with van der Waals surface area (Å²) >= 11 is 3.35. The Morgan fingerprint density at radius 1 is 1.48 bits per heavy atom. The van der Waals surface area contributed by atoms with Gasteiger partial charge in [-0.15, -0.1) is 0 Å². The maximum absolute atomic E-state index is 12.4. The Kier molecular flexibility index (Phi) is 5.61. The van der Waals surface area contributed by atoms with Crippen LogP contribution in [0.25, 0.3) is 0 Å². The summed E-state index contributed by atoms with van der Waals surface area (Å²) < 4.78 is 11.4. The SMILES string of the molecule is COc1ccc(Br)cc1C(=O)NCC1(CO)CCOCC1. The summed E-state index contributed by atoms with van der Waals surface area (Å²) in [4.78, 5) is 12.4. The fraction of sp³-hybridized carbons (Fsp3) is 0.533. The molecule has 1 saturated heterocycles. The Bertz CT molecular complexity index is 500. The molecule has 1 aromatic rings. The molecule has 0 unspecified atom stereocenters. The molecule has 0 atom stereocenters. The van der Waals surface area contributed by atoms with E-state index in [1.807, 2.05) is 6.07 Å². The van der Waals surface area contributed by atoms with Gasteiger partial charge < -0.3 is 19.9 Å². The molecule has 116 valence electrons. The van der Waals surface area contributed by atoms with Gasteiger partial charge in [-0.05, 0) is 31.0 Å². The second-order valence-electron chi connectivity index (χ2n) is 5.30. The average molecular weight is 358 g/mol. The molecule has 0 aliphatic carbocycles. The summed E-state index contributed by atoms with van der Waals surface area (Å²) in [5.74, 6) is 0.327. The fourth-order valence-electron chi connectivity index (χ4n) is 2.42. The van der Waals surface area contributed by atoms with Gasteiger partial charge in [0.15, 0.2) is 0 Å². The lowest BCUT2D eigenvalue weighted by Gasteiger charge is -2.35. The number of halogens is 1. The lowest BCUT2D eigenvalue weighted by molar-refractivity contribution is -0.0146. The van der Waals surface area contributed by atoms with Crippen LogP contribution in [-0.4, -0.2) is 44.5 Å². The highest BCUT2D eigenvalue weighted by atomic mass is 79.9. The van der Waals surface area contributed by atoms with E-state index in [0.717, 1.165) is 17.3 Å². The number of aliphatic hydroxyl groups is 1. The second kappa shape index (κ2) is 7.24. The first-order valence-corrected chi connectivity index (χ1v) is 7.70. The summed E-state index contributed by atoms with van der Waals surface area (Å²) in [5, 5.41) is 12.5. The normalized spacial score (nSPS) is 17.3. The van der Waals surface area contributed by atoms with Crippen LogP contribution in [0.1, 0.15) is 23.2 Å². The summed E-state index contributed by atoms with van der Waals surface area (Å²) in [5.41, 5.74) is 0.194. The predicted molar refractivity (Wildman–Crippen MR) is 82.6 cm³/mol. The maximum atomic E-state index is 12.4. The van der Waals surface area contributed by atoms with Crippen LogP contribution in [0, 0.1) is 5.41 Å². The van der Waals surface area contributed by atoms with Gasteiger partial charge >= 0.3 is 0 Å². The standard InChI is InChI=1S/C15H20BrNO4/c1-20-13-3-2-11(16)8-12(13)14(19)17-9-15(10-18)4-6-21-7-5-15/h2-3,8,18H,4-7,9-10H2,1H3,(H,17,19). The van der Waals surface area contributed by atoms with E-state index in [9.17, 15) is 9.90 Å². The molecule has 1 fully saturated rings. The molecular formula is C15H20BrNO4. The van der Waals surface area contributed by atoms with Crippen molar-refractivity contribution in [2.75, 3.05) is 33.5 Å². The molecule has 5 nitrogen and oxygen atoms in total. The van der Waals surface area contributed by atoms with E-state index in [1.54, 1.807) is 12.1 Å². The first-order valence-electron chi connectivity index (χ1n) is 6.90. The van der Waals surface area contributed by atoms with Crippen LogP contribution >= 0.6 is 15.9 Å². The molecule has 1 aliphatic rings. The third kappa shape index (κ3) is 3.96. The van der Waals surface area contributed by atoms with Crippen molar-refractivity contribution < 1.29 is 19.4 Å². The first-order chi connectivity index (χ1) is 10.1. The summed E-state index contributed by atoms with van der Waals surface area (Å²) in [6.45, 7) is 1.72. The summed E-state index contributed by atoms with van der Waals surface area (Å²) in [6, 6.07) is 5.29. The van der Waals surface area contributed by atoms with Crippen molar-refractivity contribution in [3.63, 3.8) is 0 Å².